The van der Waals surface area contributed by atoms with Crippen LogP contribution in [-0.4, -0.2) is 0 Å². The van der Waals surface area contributed by atoms with Gasteiger partial charge in [0.05, 0.1) is 0 Å². The van der Waals surface area contributed by atoms with Gasteiger partial charge in [-0.3, -0.25) is 0 Å². The van der Waals surface area contributed by atoms with Gasteiger partial charge in [0, 0.05) is 5.41 Å². The second-order valence-corrected chi connectivity index (χ2v) is 7.24. The Hall–Kier alpha value is -2.60. The quantitative estimate of drug-likeness (QED) is 0.358. The van der Waals surface area contributed by atoms with Crippen molar-refractivity contribution in [1.82, 2.24) is 0 Å². The van der Waals surface area contributed by atoms with Gasteiger partial charge in [-0.1, -0.05) is 105 Å². The third kappa shape index (κ3) is 2.80. The predicted molar refractivity (Wildman–Crippen MR) is 114 cm³/mol. The van der Waals surface area contributed by atoms with E-state index in [1.807, 2.05) is 0 Å². The van der Waals surface area contributed by atoms with E-state index in [-0.39, 0.29) is 5.41 Å². The van der Waals surface area contributed by atoms with Gasteiger partial charge < -0.3 is 0 Å². The number of fused-ring (bicyclic) bond motifs is 2. The Morgan fingerprint density at radius 1 is 0.654 bits per heavy atom. The van der Waals surface area contributed by atoms with Crippen molar-refractivity contribution in [3.8, 4) is 0 Å². The first-order valence-corrected chi connectivity index (χ1v) is 9.56. The van der Waals surface area contributed by atoms with Crippen molar-refractivity contribution >= 4 is 21.5 Å². The van der Waals surface area contributed by atoms with E-state index in [0.717, 1.165) is 12.8 Å². The number of unbranched alkanes of at least 4 members (excludes halogenated alkanes) is 1. The molecule has 0 heteroatoms. The molecule has 0 N–H and O–H groups in total. The molecule has 0 aliphatic carbocycles. The highest BCUT2D eigenvalue weighted by Gasteiger charge is 2.31. The Balaban J connectivity index is 2.02. The first kappa shape index (κ1) is 16.8. The van der Waals surface area contributed by atoms with Crippen molar-refractivity contribution in [2.75, 3.05) is 0 Å². The van der Waals surface area contributed by atoms with Gasteiger partial charge in [0.1, 0.15) is 0 Å². The molecule has 0 aliphatic rings. The van der Waals surface area contributed by atoms with E-state index in [0.29, 0.717) is 0 Å². The maximum Gasteiger partial charge on any atom is 0.0215 e. The van der Waals surface area contributed by atoms with E-state index in [4.69, 9.17) is 6.92 Å². The number of rotatable bonds is 5. The van der Waals surface area contributed by atoms with E-state index in [1.54, 1.807) is 0 Å². The Bertz CT molecular complexity index is 952. The summed E-state index contributed by atoms with van der Waals surface area (Å²) in [7, 11) is 0. The monoisotopic (exact) mass is 337 g/mol. The van der Waals surface area contributed by atoms with E-state index in [9.17, 15) is 0 Å². The summed E-state index contributed by atoms with van der Waals surface area (Å²) in [4.78, 5) is 0. The number of benzene rings is 4. The van der Waals surface area contributed by atoms with Gasteiger partial charge >= 0.3 is 0 Å². The average Bonchev–Trinajstić information content (AvgIpc) is 2.71. The molecule has 0 fully saturated rings. The topological polar surface area (TPSA) is 0 Å². The van der Waals surface area contributed by atoms with Crippen LogP contribution >= 0.6 is 0 Å². The second kappa shape index (κ2) is 6.96. The van der Waals surface area contributed by atoms with Crippen LogP contribution in [0.25, 0.3) is 21.5 Å². The molecule has 0 spiro atoms. The van der Waals surface area contributed by atoms with E-state index >= 15 is 0 Å². The zero-order valence-electron chi connectivity index (χ0n) is 15.4. The SMILES string of the molecule is [CH2]C(CCCC)(c1cccc2ccccc12)c1cccc2ccccc12. The van der Waals surface area contributed by atoms with Crippen LogP contribution in [-0.2, 0) is 5.41 Å². The molecule has 0 bridgehead atoms. The fraction of sp³-hybridized carbons (Fsp3) is 0.192. The normalized spacial score (nSPS) is 11.9. The molecule has 0 unspecified atom stereocenters. The molecule has 4 aromatic carbocycles. The van der Waals surface area contributed by atoms with Crippen molar-refractivity contribution in [3.05, 3.63) is 103 Å². The number of hydrogen-bond acceptors (Lipinski definition) is 0. The summed E-state index contributed by atoms with van der Waals surface area (Å²) in [6, 6.07) is 30.6. The summed E-state index contributed by atoms with van der Waals surface area (Å²) in [6.07, 6.45) is 3.38. The molecule has 1 radical (unpaired) electrons. The van der Waals surface area contributed by atoms with Crippen molar-refractivity contribution in [2.24, 2.45) is 0 Å². The molecule has 0 saturated carbocycles. The van der Waals surface area contributed by atoms with Crippen LogP contribution in [0.15, 0.2) is 84.9 Å². The fourth-order valence-electron chi connectivity index (χ4n) is 4.18. The van der Waals surface area contributed by atoms with Gasteiger partial charge in [-0.2, -0.15) is 0 Å². The van der Waals surface area contributed by atoms with Gasteiger partial charge in [-0.15, -0.1) is 0 Å². The third-order valence-electron chi connectivity index (χ3n) is 5.57. The predicted octanol–water partition coefficient (Wildman–Crippen LogP) is 7.30. The van der Waals surface area contributed by atoms with Crippen molar-refractivity contribution in [3.63, 3.8) is 0 Å². The average molecular weight is 337 g/mol. The summed E-state index contributed by atoms with van der Waals surface area (Å²) >= 11 is 0. The molecular formula is C26H25. The first-order chi connectivity index (χ1) is 12.7. The Morgan fingerprint density at radius 2 is 1.12 bits per heavy atom. The highest BCUT2D eigenvalue weighted by Crippen LogP contribution is 2.42. The number of hydrogen-bond donors (Lipinski definition) is 0. The van der Waals surface area contributed by atoms with E-state index < -0.39 is 0 Å². The van der Waals surface area contributed by atoms with Gasteiger partial charge in [-0.25, -0.2) is 0 Å². The molecule has 129 valence electrons. The van der Waals surface area contributed by atoms with Gasteiger partial charge in [0.25, 0.3) is 0 Å². The standard InChI is InChI=1S/C26H25/c1-3-4-19-26(2,24-17-9-13-20-11-5-7-15-22(20)24)25-18-10-14-21-12-6-8-16-23(21)25/h5-18H,2-4,19H2,1H3. The molecule has 0 aromatic heterocycles. The third-order valence-corrected chi connectivity index (χ3v) is 5.57. The lowest BCUT2D eigenvalue weighted by Crippen LogP contribution is -2.25. The first-order valence-electron chi connectivity index (χ1n) is 9.56. The molecule has 0 nitrogen and oxygen atoms in total. The van der Waals surface area contributed by atoms with Gasteiger partial charge in [0.2, 0.25) is 0 Å². The maximum atomic E-state index is 4.85. The molecule has 26 heavy (non-hydrogen) atoms. The minimum Gasteiger partial charge on any atom is -0.0654 e. The van der Waals surface area contributed by atoms with Crippen LogP contribution in [0.1, 0.15) is 37.3 Å². The molecule has 4 rings (SSSR count). The van der Waals surface area contributed by atoms with Crippen molar-refractivity contribution in [1.29, 1.82) is 0 Å². The second-order valence-electron chi connectivity index (χ2n) is 7.24. The lowest BCUT2D eigenvalue weighted by molar-refractivity contribution is 0.548. The highest BCUT2D eigenvalue weighted by molar-refractivity contribution is 5.91. The van der Waals surface area contributed by atoms with Crippen molar-refractivity contribution in [2.45, 2.75) is 31.6 Å². The Labute approximate surface area is 156 Å². The van der Waals surface area contributed by atoms with Crippen LogP contribution in [0.2, 0.25) is 0 Å². The zero-order chi connectivity index (χ0) is 18.0. The lowest BCUT2D eigenvalue weighted by atomic mass is 9.70. The molecule has 0 heterocycles. The van der Waals surface area contributed by atoms with Crippen LogP contribution in [0.5, 0.6) is 0 Å². The zero-order valence-corrected chi connectivity index (χ0v) is 15.4. The molecule has 0 aliphatic heterocycles. The summed E-state index contributed by atoms with van der Waals surface area (Å²) in [5.41, 5.74) is 2.42. The summed E-state index contributed by atoms with van der Waals surface area (Å²) in [6.45, 7) is 7.10. The van der Waals surface area contributed by atoms with Crippen LogP contribution in [0.3, 0.4) is 0 Å². The Morgan fingerprint density at radius 3 is 1.62 bits per heavy atom. The van der Waals surface area contributed by atoms with E-state index in [2.05, 4.69) is 91.9 Å². The summed E-state index contributed by atoms with van der Waals surface area (Å²) in [5.74, 6) is 0. The summed E-state index contributed by atoms with van der Waals surface area (Å²) in [5, 5.41) is 5.20. The van der Waals surface area contributed by atoms with Gasteiger partial charge in [0.15, 0.2) is 0 Å². The molecule has 4 aromatic rings. The molecule has 0 amide bonds. The molecule has 0 saturated heterocycles. The van der Waals surface area contributed by atoms with Crippen LogP contribution < -0.4 is 0 Å². The largest absolute Gasteiger partial charge is 0.0654 e. The molecular weight excluding hydrogens is 312 g/mol. The van der Waals surface area contributed by atoms with Crippen LogP contribution in [0, 0.1) is 6.92 Å². The van der Waals surface area contributed by atoms with Gasteiger partial charge in [-0.05, 0) is 46.0 Å². The summed E-state index contributed by atoms with van der Waals surface area (Å²) < 4.78 is 0. The smallest absolute Gasteiger partial charge is 0.0215 e. The minimum atomic E-state index is -0.252. The lowest BCUT2D eigenvalue weighted by Gasteiger charge is -2.33. The highest BCUT2D eigenvalue weighted by atomic mass is 14.3. The fourth-order valence-corrected chi connectivity index (χ4v) is 4.18. The minimum absolute atomic E-state index is 0.252. The Kier molecular flexibility index (Phi) is 4.51. The molecule has 0 atom stereocenters. The van der Waals surface area contributed by atoms with E-state index in [1.165, 1.54) is 39.1 Å². The van der Waals surface area contributed by atoms with Crippen LogP contribution in [0.4, 0.5) is 0 Å². The maximum absolute atomic E-state index is 4.85. The van der Waals surface area contributed by atoms with Crippen molar-refractivity contribution < 1.29 is 0 Å².